The first-order valence-electron chi connectivity index (χ1n) is 7.24. The van der Waals surface area contributed by atoms with Crippen molar-refractivity contribution in [3.8, 4) is 0 Å². The Kier molecular flexibility index (Phi) is 5.71. The van der Waals surface area contributed by atoms with Gasteiger partial charge in [-0.2, -0.15) is 4.31 Å². The first-order chi connectivity index (χ1) is 10.8. The van der Waals surface area contributed by atoms with E-state index in [0.29, 0.717) is 19.4 Å². The molecule has 10 heteroatoms. The molecule has 0 atom stereocenters. The smallest absolute Gasteiger partial charge is 0.309 e. The van der Waals surface area contributed by atoms with Crippen LogP contribution in [0.2, 0.25) is 0 Å². The summed E-state index contributed by atoms with van der Waals surface area (Å²) < 4.78 is 31.5. The van der Waals surface area contributed by atoms with Gasteiger partial charge in [-0.3, -0.25) is 9.59 Å². The largest absolute Gasteiger partial charge is 0.466 e. The van der Waals surface area contributed by atoms with E-state index in [1.54, 1.807) is 6.92 Å². The van der Waals surface area contributed by atoms with Crippen LogP contribution in [0.25, 0.3) is 0 Å². The van der Waals surface area contributed by atoms with Gasteiger partial charge in [-0.15, -0.1) is 0 Å². The normalized spacial score (nSPS) is 17.0. The molecule has 23 heavy (non-hydrogen) atoms. The average Bonchev–Trinajstić information content (AvgIpc) is 2.96. The van der Waals surface area contributed by atoms with E-state index in [-0.39, 0.29) is 40.2 Å². The van der Waals surface area contributed by atoms with E-state index < -0.39 is 10.0 Å². The highest BCUT2D eigenvalue weighted by Crippen LogP contribution is 2.29. The Bertz CT molecular complexity index is 678. The Morgan fingerprint density at radius 1 is 1.43 bits per heavy atom. The zero-order valence-electron chi connectivity index (χ0n) is 12.9. The SMILES string of the molecule is CCOC(=O)C1CCN(S(=O)(=O)c2cnc(NC(C)=O)s2)CC1. The van der Waals surface area contributed by atoms with E-state index in [0.717, 1.165) is 11.3 Å². The summed E-state index contributed by atoms with van der Waals surface area (Å²) >= 11 is 0.913. The highest BCUT2D eigenvalue weighted by molar-refractivity contribution is 7.91. The molecule has 0 aliphatic carbocycles. The van der Waals surface area contributed by atoms with Gasteiger partial charge in [-0.25, -0.2) is 13.4 Å². The molecule has 1 aliphatic rings. The number of anilines is 1. The van der Waals surface area contributed by atoms with E-state index in [9.17, 15) is 18.0 Å². The fraction of sp³-hybridized carbons (Fsp3) is 0.615. The van der Waals surface area contributed by atoms with E-state index in [2.05, 4.69) is 10.3 Å². The van der Waals surface area contributed by atoms with E-state index >= 15 is 0 Å². The van der Waals surface area contributed by atoms with Crippen LogP contribution in [0.5, 0.6) is 0 Å². The van der Waals surface area contributed by atoms with Gasteiger partial charge in [0, 0.05) is 20.0 Å². The number of thiazole rings is 1. The highest BCUT2D eigenvalue weighted by Gasteiger charge is 2.33. The minimum atomic E-state index is -3.65. The first-order valence-corrected chi connectivity index (χ1v) is 9.50. The Morgan fingerprint density at radius 3 is 2.65 bits per heavy atom. The van der Waals surface area contributed by atoms with Crippen LogP contribution in [0.15, 0.2) is 10.4 Å². The first kappa shape index (κ1) is 17.8. The second-order valence-corrected chi connectivity index (χ2v) is 8.29. The summed E-state index contributed by atoms with van der Waals surface area (Å²) in [6.45, 7) is 3.92. The number of sulfonamides is 1. The van der Waals surface area contributed by atoms with Crippen LogP contribution in [-0.2, 0) is 24.3 Å². The summed E-state index contributed by atoms with van der Waals surface area (Å²) in [5.74, 6) is -0.827. The van der Waals surface area contributed by atoms with Crippen molar-refractivity contribution in [1.29, 1.82) is 0 Å². The van der Waals surface area contributed by atoms with Gasteiger partial charge in [-0.1, -0.05) is 11.3 Å². The lowest BCUT2D eigenvalue weighted by molar-refractivity contribution is -0.149. The zero-order valence-corrected chi connectivity index (χ0v) is 14.6. The van der Waals surface area contributed by atoms with Crippen LogP contribution in [0.3, 0.4) is 0 Å². The Balaban J connectivity index is 2.03. The molecule has 1 saturated heterocycles. The molecule has 128 valence electrons. The molecule has 2 heterocycles. The van der Waals surface area contributed by atoms with Crippen LogP contribution in [-0.4, -0.2) is 49.3 Å². The summed E-state index contributed by atoms with van der Waals surface area (Å²) in [5.41, 5.74) is 0. The molecule has 0 bridgehead atoms. The molecule has 0 spiro atoms. The molecule has 1 aromatic heterocycles. The third-order valence-electron chi connectivity index (χ3n) is 3.44. The van der Waals surface area contributed by atoms with E-state index in [4.69, 9.17) is 4.74 Å². The topological polar surface area (TPSA) is 106 Å². The standard InChI is InChI=1S/C13H19N3O5S2/c1-3-21-12(18)10-4-6-16(7-5-10)23(19,20)11-8-14-13(22-11)15-9(2)17/h8,10H,3-7H2,1-2H3,(H,14,15,17). The molecule has 1 N–H and O–H groups in total. The summed E-state index contributed by atoms with van der Waals surface area (Å²) in [5, 5.41) is 2.71. The van der Waals surface area contributed by atoms with Gasteiger partial charge < -0.3 is 10.1 Å². The van der Waals surface area contributed by atoms with Crippen LogP contribution in [0.1, 0.15) is 26.7 Å². The minimum absolute atomic E-state index is 0.0795. The quantitative estimate of drug-likeness (QED) is 0.786. The van der Waals surface area contributed by atoms with Gasteiger partial charge in [-0.05, 0) is 19.8 Å². The second kappa shape index (κ2) is 7.37. The monoisotopic (exact) mass is 361 g/mol. The number of aromatic nitrogens is 1. The molecule has 1 aliphatic heterocycles. The van der Waals surface area contributed by atoms with Crippen LogP contribution in [0, 0.1) is 5.92 Å². The number of carbonyl (C=O) groups is 2. The van der Waals surface area contributed by atoms with Crippen molar-refractivity contribution < 1.29 is 22.7 Å². The van der Waals surface area contributed by atoms with Crippen LogP contribution in [0.4, 0.5) is 5.13 Å². The van der Waals surface area contributed by atoms with Gasteiger partial charge >= 0.3 is 5.97 Å². The van der Waals surface area contributed by atoms with Gasteiger partial charge in [0.05, 0.1) is 18.7 Å². The minimum Gasteiger partial charge on any atom is -0.466 e. The van der Waals surface area contributed by atoms with Crippen LogP contribution < -0.4 is 5.32 Å². The molecule has 0 aromatic carbocycles. The Morgan fingerprint density at radius 2 is 2.09 bits per heavy atom. The van der Waals surface area contributed by atoms with Gasteiger partial charge in [0.2, 0.25) is 5.91 Å². The Labute approximate surface area is 138 Å². The maximum absolute atomic E-state index is 12.6. The average molecular weight is 361 g/mol. The number of esters is 1. The summed E-state index contributed by atoms with van der Waals surface area (Å²) in [4.78, 5) is 26.6. The molecule has 8 nitrogen and oxygen atoms in total. The zero-order chi connectivity index (χ0) is 17.0. The second-order valence-electron chi connectivity index (χ2n) is 5.10. The number of hydrogen-bond acceptors (Lipinski definition) is 7. The molecule has 1 amide bonds. The number of piperidine rings is 1. The molecule has 1 fully saturated rings. The van der Waals surface area contributed by atoms with Gasteiger partial charge in [0.1, 0.15) is 0 Å². The fourth-order valence-corrected chi connectivity index (χ4v) is 5.01. The van der Waals surface area contributed by atoms with Crippen molar-refractivity contribution in [1.82, 2.24) is 9.29 Å². The van der Waals surface area contributed by atoms with E-state index in [1.165, 1.54) is 17.4 Å². The number of carbonyl (C=O) groups excluding carboxylic acids is 2. The lowest BCUT2D eigenvalue weighted by Crippen LogP contribution is -2.40. The summed E-state index contributed by atoms with van der Waals surface area (Å²) in [6, 6.07) is 0. The van der Waals surface area contributed by atoms with Gasteiger partial charge in [0.25, 0.3) is 10.0 Å². The maximum atomic E-state index is 12.6. The molecular weight excluding hydrogens is 342 g/mol. The number of amides is 1. The van der Waals surface area contributed by atoms with Crippen molar-refractivity contribution in [3.05, 3.63) is 6.20 Å². The number of rotatable bonds is 5. The number of ether oxygens (including phenoxy) is 1. The predicted molar refractivity (Wildman–Crippen MR) is 84.5 cm³/mol. The lowest BCUT2D eigenvalue weighted by atomic mass is 9.98. The Hall–Kier alpha value is -1.52. The highest BCUT2D eigenvalue weighted by atomic mass is 32.2. The van der Waals surface area contributed by atoms with E-state index in [1.807, 2.05) is 0 Å². The lowest BCUT2D eigenvalue weighted by Gasteiger charge is -2.29. The molecule has 2 rings (SSSR count). The van der Waals surface area contributed by atoms with Crippen molar-refractivity contribution >= 4 is 38.4 Å². The third-order valence-corrected chi connectivity index (χ3v) is 6.68. The number of nitrogens with one attached hydrogen (secondary N) is 1. The molecule has 1 aromatic rings. The summed E-state index contributed by atoms with van der Waals surface area (Å²) in [7, 11) is -3.65. The molecule has 0 saturated carbocycles. The number of nitrogens with zero attached hydrogens (tertiary/aromatic N) is 2. The van der Waals surface area contributed by atoms with Crippen molar-refractivity contribution in [2.75, 3.05) is 25.0 Å². The molecular formula is C13H19N3O5S2. The molecule has 0 unspecified atom stereocenters. The summed E-state index contributed by atoms with van der Waals surface area (Å²) in [6.07, 6.45) is 2.12. The van der Waals surface area contributed by atoms with Crippen molar-refractivity contribution in [2.45, 2.75) is 30.9 Å². The maximum Gasteiger partial charge on any atom is 0.309 e. The van der Waals surface area contributed by atoms with Crippen molar-refractivity contribution in [3.63, 3.8) is 0 Å². The predicted octanol–water partition coefficient (Wildman–Crippen LogP) is 1.07. The van der Waals surface area contributed by atoms with Crippen LogP contribution >= 0.6 is 11.3 Å². The fourth-order valence-electron chi connectivity index (χ4n) is 2.31. The molecule has 0 radical (unpaired) electrons. The third kappa shape index (κ3) is 4.27. The van der Waals surface area contributed by atoms with Crippen molar-refractivity contribution in [2.24, 2.45) is 5.92 Å². The van der Waals surface area contributed by atoms with Gasteiger partial charge in [0.15, 0.2) is 9.34 Å². The number of hydrogen-bond donors (Lipinski definition) is 1.